The van der Waals surface area contributed by atoms with Gasteiger partial charge in [-0.15, -0.1) is 0 Å². The first-order valence-corrected chi connectivity index (χ1v) is 9.79. The van der Waals surface area contributed by atoms with E-state index in [0.29, 0.717) is 6.42 Å². The van der Waals surface area contributed by atoms with Crippen LogP contribution in [0.5, 0.6) is 0 Å². The number of halogens is 1. The zero-order chi connectivity index (χ0) is 15.7. The molecular formula is C16H26ClNO2S. The van der Waals surface area contributed by atoms with Crippen molar-refractivity contribution >= 4 is 27.1 Å². The maximum Gasteiger partial charge on any atom is 0.181 e. The molecule has 0 heterocycles. The van der Waals surface area contributed by atoms with Crippen LogP contribution < -0.4 is 5.73 Å². The Morgan fingerprint density at radius 2 is 1.57 bits per heavy atom. The molecule has 0 radical (unpaired) electrons. The van der Waals surface area contributed by atoms with Crippen molar-refractivity contribution in [3.8, 4) is 0 Å². The fourth-order valence-electron chi connectivity index (χ4n) is 2.38. The highest BCUT2D eigenvalue weighted by Crippen LogP contribution is 2.28. The molecule has 0 aliphatic rings. The molecule has 0 amide bonds. The summed E-state index contributed by atoms with van der Waals surface area (Å²) >= 11 is 5.97. The molecule has 0 aliphatic carbocycles. The molecule has 0 saturated heterocycles. The molecular weight excluding hydrogens is 306 g/mol. The molecule has 0 atom stereocenters. The molecule has 1 aromatic rings. The van der Waals surface area contributed by atoms with E-state index in [2.05, 4.69) is 6.92 Å². The summed E-state index contributed by atoms with van der Waals surface area (Å²) in [6, 6.07) is 4.80. The Bertz CT molecular complexity index is 509. The van der Waals surface area contributed by atoms with Gasteiger partial charge < -0.3 is 5.73 Å². The second-order valence-corrected chi connectivity index (χ2v) is 7.91. The number of hydrogen-bond donors (Lipinski definition) is 1. The first-order chi connectivity index (χ1) is 9.99. The minimum atomic E-state index is -3.38. The van der Waals surface area contributed by atoms with Crippen LogP contribution in [0.15, 0.2) is 23.1 Å². The normalized spacial score (nSPS) is 11.7. The molecule has 0 bridgehead atoms. The molecule has 1 rings (SSSR count). The molecule has 0 aromatic heterocycles. The lowest BCUT2D eigenvalue weighted by molar-refractivity contribution is 0.573. The van der Waals surface area contributed by atoms with Crippen LogP contribution in [0.3, 0.4) is 0 Å². The average molecular weight is 332 g/mol. The first-order valence-electron chi connectivity index (χ1n) is 7.75. The van der Waals surface area contributed by atoms with Crippen LogP contribution in [-0.4, -0.2) is 14.2 Å². The Morgan fingerprint density at radius 1 is 1.00 bits per heavy atom. The SMILES string of the molecule is CCCCCCCCCCS(=O)(=O)c1c(N)cccc1Cl. The van der Waals surface area contributed by atoms with E-state index < -0.39 is 9.84 Å². The smallest absolute Gasteiger partial charge is 0.181 e. The van der Waals surface area contributed by atoms with E-state index in [1.807, 2.05) is 0 Å². The van der Waals surface area contributed by atoms with Gasteiger partial charge in [-0.25, -0.2) is 8.42 Å². The second-order valence-electron chi connectivity index (χ2n) is 5.45. The minimum Gasteiger partial charge on any atom is -0.398 e. The van der Waals surface area contributed by atoms with Crippen molar-refractivity contribution in [3.63, 3.8) is 0 Å². The molecule has 21 heavy (non-hydrogen) atoms. The Morgan fingerprint density at radius 3 is 2.14 bits per heavy atom. The predicted octanol–water partition coefficient (Wildman–Crippen LogP) is 4.84. The van der Waals surface area contributed by atoms with Gasteiger partial charge in [0.1, 0.15) is 4.90 Å². The van der Waals surface area contributed by atoms with Crippen LogP contribution in [0, 0.1) is 0 Å². The van der Waals surface area contributed by atoms with E-state index in [9.17, 15) is 8.42 Å². The molecule has 120 valence electrons. The van der Waals surface area contributed by atoms with Crippen molar-refractivity contribution in [2.24, 2.45) is 0 Å². The molecule has 0 aliphatic heterocycles. The lowest BCUT2D eigenvalue weighted by Crippen LogP contribution is -2.10. The summed E-state index contributed by atoms with van der Waals surface area (Å²) < 4.78 is 24.6. The quantitative estimate of drug-likeness (QED) is 0.493. The molecule has 0 spiro atoms. The topological polar surface area (TPSA) is 60.2 Å². The molecule has 0 saturated carbocycles. The zero-order valence-electron chi connectivity index (χ0n) is 12.8. The van der Waals surface area contributed by atoms with E-state index in [4.69, 9.17) is 17.3 Å². The van der Waals surface area contributed by atoms with Gasteiger partial charge in [-0.1, -0.05) is 69.5 Å². The summed E-state index contributed by atoms with van der Waals surface area (Å²) in [6.45, 7) is 2.20. The highest BCUT2D eigenvalue weighted by atomic mass is 35.5. The molecule has 5 heteroatoms. The fraction of sp³-hybridized carbons (Fsp3) is 0.625. The maximum absolute atomic E-state index is 12.3. The van der Waals surface area contributed by atoms with Gasteiger partial charge in [0.25, 0.3) is 0 Å². The van der Waals surface area contributed by atoms with Crippen LogP contribution in [0.4, 0.5) is 5.69 Å². The average Bonchev–Trinajstić information content (AvgIpc) is 2.41. The van der Waals surface area contributed by atoms with E-state index in [1.54, 1.807) is 18.2 Å². The van der Waals surface area contributed by atoms with Gasteiger partial charge >= 0.3 is 0 Å². The highest BCUT2D eigenvalue weighted by molar-refractivity contribution is 7.91. The Labute approximate surface area is 133 Å². The number of unbranched alkanes of at least 4 members (excludes halogenated alkanes) is 7. The van der Waals surface area contributed by atoms with Gasteiger partial charge in [-0.2, -0.15) is 0 Å². The van der Waals surface area contributed by atoms with Crippen molar-refractivity contribution < 1.29 is 8.42 Å². The van der Waals surface area contributed by atoms with E-state index >= 15 is 0 Å². The fourth-order valence-corrected chi connectivity index (χ4v) is 4.50. The monoisotopic (exact) mass is 331 g/mol. The van der Waals surface area contributed by atoms with Gasteiger partial charge in [0.05, 0.1) is 16.5 Å². The van der Waals surface area contributed by atoms with Crippen molar-refractivity contribution in [3.05, 3.63) is 23.2 Å². The maximum atomic E-state index is 12.3. The number of nitrogens with two attached hydrogens (primary N) is 1. The molecule has 2 N–H and O–H groups in total. The number of anilines is 1. The van der Waals surface area contributed by atoms with Gasteiger partial charge in [-0.3, -0.25) is 0 Å². The Kier molecular flexibility index (Phi) is 8.12. The third kappa shape index (κ3) is 6.27. The molecule has 1 aromatic carbocycles. The number of hydrogen-bond acceptors (Lipinski definition) is 3. The third-order valence-electron chi connectivity index (χ3n) is 3.58. The zero-order valence-corrected chi connectivity index (χ0v) is 14.3. The molecule has 0 fully saturated rings. The predicted molar refractivity (Wildman–Crippen MR) is 90.5 cm³/mol. The minimum absolute atomic E-state index is 0.0922. The van der Waals surface area contributed by atoms with Crippen LogP contribution in [0.2, 0.25) is 5.02 Å². The Hall–Kier alpha value is -0.740. The largest absolute Gasteiger partial charge is 0.398 e. The van der Waals surface area contributed by atoms with Crippen molar-refractivity contribution in [1.82, 2.24) is 0 Å². The summed E-state index contributed by atoms with van der Waals surface area (Å²) in [4.78, 5) is 0.0922. The molecule has 3 nitrogen and oxygen atoms in total. The van der Waals surface area contributed by atoms with Crippen molar-refractivity contribution in [2.75, 3.05) is 11.5 Å². The van der Waals surface area contributed by atoms with Crippen LogP contribution in [0.1, 0.15) is 58.3 Å². The summed E-state index contributed by atoms with van der Waals surface area (Å²) in [5, 5.41) is 0.217. The van der Waals surface area contributed by atoms with Gasteiger partial charge in [-0.05, 0) is 18.6 Å². The number of nitrogen functional groups attached to an aromatic ring is 1. The Balaban J connectivity index is 2.37. The highest BCUT2D eigenvalue weighted by Gasteiger charge is 2.20. The van der Waals surface area contributed by atoms with Crippen LogP contribution in [-0.2, 0) is 9.84 Å². The van der Waals surface area contributed by atoms with E-state index in [0.717, 1.165) is 12.8 Å². The van der Waals surface area contributed by atoms with Crippen LogP contribution >= 0.6 is 11.6 Å². The number of rotatable bonds is 10. The number of sulfone groups is 1. The second kappa shape index (κ2) is 9.31. The van der Waals surface area contributed by atoms with E-state index in [1.165, 1.54) is 32.1 Å². The van der Waals surface area contributed by atoms with Crippen molar-refractivity contribution in [1.29, 1.82) is 0 Å². The summed E-state index contributed by atoms with van der Waals surface area (Å²) in [5.74, 6) is 0.121. The lowest BCUT2D eigenvalue weighted by atomic mass is 10.1. The van der Waals surface area contributed by atoms with Gasteiger partial charge in [0, 0.05) is 0 Å². The summed E-state index contributed by atoms with van der Waals surface area (Å²) in [5.41, 5.74) is 5.98. The van der Waals surface area contributed by atoms with Gasteiger partial charge in [0.15, 0.2) is 9.84 Å². The molecule has 0 unspecified atom stereocenters. The third-order valence-corrected chi connectivity index (χ3v) is 5.91. The summed E-state index contributed by atoms with van der Waals surface area (Å²) in [6.07, 6.45) is 8.96. The van der Waals surface area contributed by atoms with Crippen molar-refractivity contribution in [2.45, 2.75) is 63.2 Å². The van der Waals surface area contributed by atoms with Gasteiger partial charge in [0.2, 0.25) is 0 Å². The standard InChI is InChI=1S/C16H26ClNO2S/c1-2-3-4-5-6-7-8-9-13-21(19,20)16-14(17)11-10-12-15(16)18/h10-12H,2-9,13,18H2,1H3. The van der Waals surface area contributed by atoms with E-state index in [-0.39, 0.29) is 21.4 Å². The lowest BCUT2D eigenvalue weighted by Gasteiger charge is -2.09. The number of benzene rings is 1. The summed E-state index contributed by atoms with van der Waals surface area (Å²) in [7, 11) is -3.38. The van der Waals surface area contributed by atoms with Crippen LogP contribution in [0.25, 0.3) is 0 Å². The first kappa shape index (κ1) is 18.3.